The number of nitrogens with one attached hydrogen (secondary N) is 2. The average molecular weight is 316 g/mol. The Balaban J connectivity index is 2.12. The molecule has 1 atom stereocenters. The number of hydrogen-bond donors (Lipinski definition) is 3. The van der Waals surface area contributed by atoms with Crippen LogP contribution in [-0.4, -0.2) is 18.6 Å². The van der Waals surface area contributed by atoms with Crippen LogP contribution < -0.4 is 10.5 Å². The van der Waals surface area contributed by atoms with Gasteiger partial charge in [0.1, 0.15) is 4.75 Å². The smallest absolute Gasteiger partial charge is 0.247 e. The first-order chi connectivity index (χ1) is 10.5. The summed E-state index contributed by atoms with van der Waals surface area (Å²) in [4.78, 5) is 0. The highest BCUT2D eigenvalue weighted by Crippen LogP contribution is 2.39. The molecule has 0 fully saturated rings. The second kappa shape index (κ2) is 5.34. The summed E-state index contributed by atoms with van der Waals surface area (Å²) in [5.41, 5.74) is 6.95. The van der Waals surface area contributed by atoms with E-state index in [1.54, 1.807) is 42.6 Å². The number of aromatic amines is 1. The summed E-state index contributed by atoms with van der Waals surface area (Å²) < 4.78 is 27.3. The normalized spacial score (nSPS) is 21.4. The van der Waals surface area contributed by atoms with E-state index in [-0.39, 0.29) is 5.82 Å². The van der Waals surface area contributed by atoms with Crippen LogP contribution in [-0.2, 0) is 14.8 Å². The Bertz CT molecular complexity index is 810. The van der Waals surface area contributed by atoms with Crippen molar-refractivity contribution in [1.29, 1.82) is 0 Å². The SMILES string of the molecule is NC1=CC(c2ccccc2)(S(=O)(=O)Nc2cc[nH]n2)CC=C1. The summed E-state index contributed by atoms with van der Waals surface area (Å²) in [7, 11) is -3.79. The minimum absolute atomic E-state index is 0.247. The largest absolute Gasteiger partial charge is 0.399 e. The van der Waals surface area contributed by atoms with E-state index in [1.807, 2.05) is 18.2 Å². The van der Waals surface area contributed by atoms with Crippen molar-refractivity contribution in [2.75, 3.05) is 4.72 Å². The van der Waals surface area contributed by atoms with Gasteiger partial charge in [-0.3, -0.25) is 9.82 Å². The van der Waals surface area contributed by atoms with E-state index in [4.69, 9.17) is 5.73 Å². The quantitative estimate of drug-likeness (QED) is 0.801. The van der Waals surface area contributed by atoms with Crippen molar-refractivity contribution in [1.82, 2.24) is 10.2 Å². The van der Waals surface area contributed by atoms with Crippen molar-refractivity contribution in [2.24, 2.45) is 5.73 Å². The lowest BCUT2D eigenvalue weighted by atomic mass is 9.90. The summed E-state index contributed by atoms with van der Waals surface area (Å²) >= 11 is 0. The first kappa shape index (κ1) is 14.4. The van der Waals surface area contributed by atoms with Crippen molar-refractivity contribution in [3.8, 4) is 0 Å². The van der Waals surface area contributed by atoms with E-state index in [0.717, 1.165) is 0 Å². The van der Waals surface area contributed by atoms with Gasteiger partial charge in [-0.1, -0.05) is 36.4 Å². The molecule has 1 unspecified atom stereocenters. The standard InChI is InChI=1S/C15H16N4O2S/c16-13-7-4-9-15(11-13,12-5-2-1-3-6-12)22(20,21)19-14-8-10-17-18-14/h1-8,10-11H,9,16H2,(H2,17,18,19). The zero-order valence-electron chi connectivity index (χ0n) is 11.7. The van der Waals surface area contributed by atoms with Gasteiger partial charge in [0.05, 0.1) is 0 Å². The van der Waals surface area contributed by atoms with Gasteiger partial charge in [0, 0.05) is 18.0 Å². The predicted molar refractivity (Wildman–Crippen MR) is 85.3 cm³/mol. The Morgan fingerprint density at radius 2 is 2.00 bits per heavy atom. The third-order valence-electron chi connectivity index (χ3n) is 3.61. The van der Waals surface area contributed by atoms with Crippen LogP contribution in [0.25, 0.3) is 0 Å². The third-order valence-corrected chi connectivity index (χ3v) is 5.57. The number of nitrogens with two attached hydrogens (primary N) is 1. The molecule has 0 amide bonds. The van der Waals surface area contributed by atoms with E-state index in [9.17, 15) is 8.42 Å². The van der Waals surface area contributed by atoms with Gasteiger partial charge in [0.2, 0.25) is 10.0 Å². The number of hydrogen-bond acceptors (Lipinski definition) is 4. The number of anilines is 1. The monoisotopic (exact) mass is 316 g/mol. The number of benzene rings is 1. The highest BCUT2D eigenvalue weighted by Gasteiger charge is 2.44. The van der Waals surface area contributed by atoms with Crippen LogP contribution in [0.3, 0.4) is 0 Å². The number of nitrogens with zero attached hydrogens (tertiary/aromatic N) is 1. The molecular weight excluding hydrogens is 300 g/mol. The van der Waals surface area contributed by atoms with E-state index in [2.05, 4.69) is 14.9 Å². The molecule has 1 aromatic heterocycles. The molecule has 3 rings (SSSR count). The predicted octanol–water partition coefficient (Wildman–Crippen LogP) is 1.85. The number of sulfonamides is 1. The van der Waals surface area contributed by atoms with Gasteiger partial charge in [-0.25, -0.2) is 8.42 Å². The first-order valence-corrected chi connectivity index (χ1v) is 8.24. The Morgan fingerprint density at radius 3 is 2.64 bits per heavy atom. The molecule has 22 heavy (non-hydrogen) atoms. The molecule has 7 heteroatoms. The first-order valence-electron chi connectivity index (χ1n) is 6.76. The molecule has 1 heterocycles. The molecule has 1 aliphatic carbocycles. The molecule has 4 N–H and O–H groups in total. The summed E-state index contributed by atoms with van der Waals surface area (Å²) in [6.07, 6.45) is 6.92. The minimum atomic E-state index is -3.79. The van der Waals surface area contributed by atoms with Crippen molar-refractivity contribution < 1.29 is 8.42 Å². The van der Waals surface area contributed by atoms with E-state index in [1.165, 1.54) is 0 Å². The molecule has 2 aromatic rings. The molecule has 6 nitrogen and oxygen atoms in total. The molecule has 0 saturated carbocycles. The van der Waals surface area contributed by atoms with Crippen molar-refractivity contribution in [2.45, 2.75) is 11.2 Å². The summed E-state index contributed by atoms with van der Waals surface area (Å²) in [6.45, 7) is 0. The van der Waals surface area contributed by atoms with Crippen LogP contribution in [0.2, 0.25) is 0 Å². The highest BCUT2D eigenvalue weighted by molar-refractivity contribution is 7.93. The van der Waals surface area contributed by atoms with Gasteiger partial charge in [0.25, 0.3) is 0 Å². The molecule has 0 bridgehead atoms. The minimum Gasteiger partial charge on any atom is -0.399 e. The van der Waals surface area contributed by atoms with Crippen LogP contribution in [0.4, 0.5) is 5.82 Å². The zero-order valence-corrected chi connectivity index (χ0v) is 12.5. The topological polar surface area (TPSA) is 101 Å². The third kappa shape index (κ3) is 2.39. The summed E-state index contributed by atoms with van der Waals surface area (Å²) in [5.74, 6) is 0.247. The average Bonchev–Trinajstić information content (AvgIpc) is 3.00. The lowest BCUT2D eigenvalue weighted by molar-refractivity contribution is 0.562. The fraction of sp³-hybridized carbons (Fsp3) is 0.133. The Labute approximate surface area is 128 Å². The van der Waals surface area contributed by atoms with Crippen LogP contribution in [0.15, 0.2) is 66.5 Å². The Kier molecular flexibility index (Phi) is 3.50. The van der Waals surface area contributed by atoms with Crippen LogP contribution in [0, 0.1) is 0 Å². The maximum Gasteiger partial charge on any atom is 0.247 e. The van der Waals surface area contributed by atoms with Gasteiger partial charge >= 0.3 is 0 Å². The fourth-order valence-electron chi connectivity index (χ4n) is 2.56. The molecule has 0 saturated heterocycles. The van der Waals surface area contributed by atoms with Gasteiger partial charge < -0.3 is 5.73 Å². The maximum atomic E-state index is 13.0. The van der Waals surface area contributed by atoms with Gasteiger partial charge in [-0.15, -0.1) is 0 Å². The molecule has 1 aromatic carbocycles. The number of aromatic nitrogens is 2. The highest BCUT2D eigenvalue weighted by atomic mass is 32.2. The Hall–Kier alpha value is -2.54. The Morgan fingerprint density at radius 1 is 1.23 bits per heavy atom. The number of H-pyrrole nitrogens is 1. The number of rotatable bonds is 4. The van der Waals surface area contributed by atoms with E-state index >= 15 is 0 Å². The van der Waals surface area contributed by atoms with Crippen LogP contribution in [0.5, 0.6) is 0 Å². The van der Waals surface area contributed by atoms with Crippen molar-refractivity contribution in [3.05, 3.63) is 72.1 Å². The van der Waals surface area contributed by atoms with Crippen molar-refractivity contribution in [3.63, 3.8) is 0 Å². The zero-order chi connectivity index (χ0) is 15.6. The van der Waals surface area contributed by atoms with E-state index < -0.39 is 14.8 Å². The summed E-state index contributed by atoms with van der Waals surface area (Å²) in [6, 6.07) is 10.6. The van der Waals surface area contributed by atoms with E-state index in [0.29, 0.717) is 17.7 Å². The molecule has 1 aliphatic rings. The second-order valence-corrected chi connectivity index (χ2v) is 7.01. The van der Waals surface area contributed by atoms with Gasteiger partial charge in [-0.2, -0.15) is 5.10 Å². The van der Waals surface area contributed by atoms with Crippen LogP contribution >= 0.6 is 0 Å². The molecule has 114 valence electrons. The van der Waals surface area contributed by atoms with Gasteiger partial charge in [-0.05, 0) is 24.1 Å². The number of allylic oxidation sites excluding steroid dienone is 2. The van der Waals surface area contributed by atoms with Gasteiger partial charge in [0.15, 0.2) is 5.82 Å². The fourth-order valence-corrected chi connectivity index (χ4v) is 4.18. The molecule has 0 radical (unpaired) electrons. The molecular formula is C15H16N4O2S. The lowest BCUT2D eigenvalue weighted by Gasteiger charge is -2.32. The van der Waals surface area contributed by atoms with Crippen molar-refractivity contribution >= 4 is 15.8 Å². The maximum absolute atomic E-state index is 13.0. The second-order valence-electron chi connectivity index (χ2n) is 5.07. The summed E-state index contributed by atoms with van der Waals surface area (Å²) in [5, 5.41) is 6.44. The molecule has 0 spiro atoms. The lowest BCUT2D eigenvalue weighted by Crippen LogP contribution is -2.40. The molecule has 0 aliphatic heterocycles. The van der Waals surface area contributed by atoms with Crippen LogP contribution in [0.1, 0.15) is 12.0 Å².